The molecule has 21 heavy (non-hydrogen) atoms. The average molecular weight is 310 g/mol. The van der Waals surface area contributed by atoms with Crippen molar-refractivity contribution in [1.29, 1.82) is 0 Å². The van der Waals surface area contributed by atoms with E-state index in [2.05, 4.69) is 5.32 Å². The molecular formula is C14H18N2O4S. The average Bonchev–Trinajstić information content (AvgIpc) is 2.86. The molecule has 2 atom stereocenters. The van der Waals surface area contributed by atoms with Gasteiger partial charge in [-0.2, -0.15) is 0 Å². The minimum Gasteiger partial charge on any atom is -0.480 e. The van der Waals surface area contributed by atoms with Crippen LogP contribution in [-0.2, 0) is 22.0 Å². The molecule has 0 bridgehead atoms. The lowest BCUT2D eigenvalue weighted by Crippen LogP contribution is -2.48. The summed E-state index contributed by atoms with van der Waals surface area (Å²) in [4.78, 5) is 24.9. The maximum Gasteiger partial charge on any atom is 0.327 e. The summed E-state index contributed by atoms with van der Waals surface area (Å²) in [7, 11) is -0.957. The van der Waals surface area contributed by atoms with Crippen LogP contribution in [0.3, 0.4) is 0 Å². The van der Waals surface area contributed by atoms with Gasteiger partial charge in [0.2, 0.25) is 0 Å². The van der Waals surface area contributed by atoms with E-state index in [4.69, 9.17) is 0 Å². The van der Waals surface area contributed by atoms with Crippen molar-refractivity contribution in [3.05, 3.63) is 29.8 Å². The highest BCUT2D eigenvalue weighted by atomic mass is 32.2. The Hall–Kier alpha value is -1.89. The molecule has 1 aliphatic heterocycles. The van der Waals surface area contributed by atoms with Gasteiger partial charge in [0.25, 0.3) is 0 Å². The van der Waals surface area contributed by atoms with Crippen LogP contribution in [0.15, 0.2) is 24.3 Å². The third kappa shape index (κ3) is 3.41. The molecule has 2 N–H and O–H groups in total. The quantitative estimate of drug-likeness (QED) is 0.849. The lowest BCUT2D eigenvalue weighted by molar-refractivity contribution is -0.138. The second-order valence-corrected chi connectivity index (χ2v) is 6.59. The van der Waals surface area contributed by atoms with Crippen LogP contribution in [0, 0.1) is 0 Å². The van der Waals surface area contributed by atoms with Gasteiger partial charge in [-0.15, -0.1) is 0 Å². The van der Waals surface area contributed by atoms with Crippen LogP contribution in [0.2, 0.25) is 0 Å². The number of anilines is 1. The van der Waals surface area contributed by atoms with Crippen LogP contribution in [0.4, 0.5) is 10.5 Å². The fraction of sp³-hybridized carbons (Fsp3) is 0.429. The third-order valence-electron chi connectivity index (χ3n) is 3.41. The number of para-hydroxylation sites is 1. The Labute approximate surface area is 125 Å². The summed E-state index contributed by atoms with van der Waals surface area (Å²) in [5.74, 6) is -0.117. The number of carbonyl (C=O) groups is 2. The van der Waals surface area contributed by atoms with E-state index in [1.807, 2.05) is 19.1 Å². The molecule has 0 radical (unpaired) electrons. The molecule has 0 saturated heterocycles. The molecule has 1 heterocycles. The van der Waals surface area contributed by atoms with Gasteiger partial charge in [-0.3, -0.25) is 9.11 Å². The van der Waals surface area contributed by atoms with Gasteiger partial charge < -0.3 is 10.4 Å². The molecule has 2 amide bonds. The number of benzene rings is 1. The van der Waals surface area contributed by atoms with Crippen molar-refractivity contribution in [2.24, 2.45) is 0 Å². The van der Waals surface area contributed by atoms with Crippen LogP contribution in [0.1, 0.15) is 12.5 Å². The summed E-state index contributed by atoms with van der Waals surface area (Å²) in [6.07, 6.45) is 0.305. The molecule has 0 aromatic heterocycles. The predicted molar refractivity (Wildman–Crippen MR) is 81.0 cm³/mol. The van der Waals surface area contributed by atoms with Gasteiger partial charge in [-0.25, -0.2) is 9.59 Å². The molecule has 0 fully saturated rings. The van der Waals surface area contributed by atoms with Gasteiger partial charge in [0.1, 0.15) is 6.04 Å². The van der Waals surface area contributed by atoms with Gasteiger partial charge in [0.15, 0.2) is 0 Å². The Morgan fingerprint density at radius 1 is 1.43 bits per heavy atom. The first-order valence-corrected chi connectivity index (χ1v) is 8.26. The molecule has 7 heteroatoms. The standard InChI is InChI=1S/C14H18N2O4S/c1-2-21(20)8-7-15-14(19)16-11-6-4-3-5-10(11)9-12(16)13(17)18/h3-6,12H,2,7-9H2,1H3,(H,15,19)(H,17,18)/t12-,21?/m0/s1. The molecular weight excluding hydrogens is 292 g/mol. The predicted octanol–water partition coefficient (Wildman–Crippen LogP) is 0.981. The van der Waals surface area contributed by atoms with Gasteiger partial charge in [-0.1, -0.05) is 25.1 Å². The number of hydrogen-bond donors (Lipinski definition) is 2. The third-order valence-corrected chi connectivity index (χ3v) is 4.71. The van der Waals surface area contributed by atoms with E-state index in [0.29, 0.717) is 23.6 Å². The summed E-state index contributed by atoms with van der Waals surface area (Å²) in [6, 6.07) is 5.81. The number of hydrogen-bond acceptors (Lipinski definition) is 3. The molecule has 0 spiro atoms. The Balaban J connectivity index is 2.09. The maximum atomic E-state index is 12.2. The minimum atomic E-state index is -1.03. The van der Waals surface area contributed by atoms with E-state index < -0.39 is 28.8 Å². The molecule has 1 aliphatic rings. The minimum absolute atomic E-state index is 0.268. The zero-order chi connectivity index (χ0) is 15.4. The number of rotatable bonds is 5. The number of carboxylic acid groups (broad SMARTS) is 1. The van der Waals surface area contributed by atoms with E-state index in [1.165, 1.54) is 4.90 Å². The number of nitrogens with zero attached hydrogens (tertiary/aromatic N) is 1. The first kappa shape index (κ1) is 15.5. The number of carbonyl (C=O) groups excluding carboxylic acids is 1. The summed E-state index contributed by atoms with van der Waals surface area (Å²) in [5, 5.41) is 11.9. The molecule has 0 saturated carbocycles. The lowest BCUT2D eigenvalue weighted by atomic mass is 10.1. The second kappa shape index (κ2) is 6.71. The van der Waals surface area contributed by atoms with Crippen molar-refractivity contribution in [2.45, 2.75) is 19.4 Å². The smallest absolute Gasteiger partial charge is 0.327 e. The number of urea groups is 1. The van der Waals surface area contributed by atoms with Crippen LogP contribution < -0.4 is 10.2 Å². The number of nitrogens with one attached hydrogen (secondary N) is 1. The molecule has 114 valence electrons. The largest absolute Gasteiger partial charge is 0.480 e. The highest BCUT2D eigenvalue weighted by Crippen LogP contribution is 2.32. The van der Waals surface area contributed by atoms with Crippen LogP contribution in [0.25, 0.3) is 0 Å². The van der Waals surface area contributed by atoms with Crippen molar-refractivity contribution in [2.75, 3.05) is 23.0 Å². The highest BCUT2D eigenvalue weighted by Gasteiger charge is 2.38. The van der Waals surface area contributed by atoms with Crippen molar-refractivity contribution >= 4 is 28.5 Å². The van der Waals surface area contributed by atoms with Gasteiger partial charge in [0, 0.05) is 41.0 Å². The number of carboxylic acids is 1. The van der Waals surface area contributed by atoms with E-state index in [1.54, 1.807) is 12.1 Å². The fourth-order valence-electron chi connectivity index (χ4n) is 2.34. The van der Waals surface area contributed by atoms with Crippen LogP contribution >= 0.6 is 0 Å². The summed E-state index contributed by atoms with van der Waals surface area (Å²) >= 11 is 0. The topological polar surface area (TPSA) is 86.7 Å². The van der Waals surface area contributed by atoms with Crippen molar-refractivity contribution in [1.82, 2.24) is 5.32 Å². The highest BCUT2D eigenvalue weighted by molar-refractivity contribution is 7.84. The molecule has 1 unspecified atom stereocenters. The Morgan fingerprint density at radius 2 is 2.14 bits per heavy atom. The van der Waals surface area contributed by atoms with E-state index in [-0.39, 0.29) is 6.54 Å². The molecule has 1 aromatic carbocycles. The molecule has 2 rings (SSSR count). The van der Waals surface area contributed by atoms with Crippen molar-refractivity contribution in [3.8, 4) is 0 Å². The number of amides is 2. The van der Waals surface area contributed by atoms with Crippen molar-refractivity contribution < 1.29 is 18.9 Å². The van der Waals surface area contributed by atoms with Crippen LogP contribution in [-0.4, -0.2) is 45.4 Å². The number of fused-ring (bicyclic) bond motifs is 1. The SMILES string of the molecule is CCS(=O)CCNC(=O)N1c2ccccc2C[C@H]1C(=O)O. The first-order chi connectivity index (χ1) is 10.0. The molecule has 6 nitrogen and oxygen atoms in total. The van der Waals surface area contributed by atoms with Gasteiger partial charge in [0.05, 0.1) is 0 Å². The Kier molecular flexibility index (Phi) is 4.95. The lowest BCUT2D eigenvalue weighted by Gasteiger charge is -2.22. The summed E-state index contributed by atoms with van der Waals surface area (Å²) in [5.41, 5.74) is 1.47. The first-order valence-electron chi connectivity index (χ1n) is 6.77. The van der Waals surface area contributed by atoms with Crippen LogP contribution in [0.5, 0.6) is 0 Å². The molecule has 0 aliphatic carbocycles. The monoisotopic (exact) mass is 310 g/mol. The Morgan fingerprint density at radius 3 is 2.81 bits per heavy atom. The molecule has 1 aromatic rings. The normalized spacial score (nSPS) is 18.1. The van der Waals surface area contributed by atoms with Gasteiger partial charge in [-0.05, 0) is 11.6 Å². The zero-order valence-electron chi connectivity index (χ0n) is 11.7. The van der Waals surface area contributed by atoms with E-state index >= 15 is 0 Å². The maximum absolute atomic E-state index is 12.2. The number of aliphatic carboxylic acids is 1. The van der Waals surface area contributed by atoms with Crippen molar-refractivity contribution in [3.63, 3.8) is 0 Å². The zero-order valence-corrected chi connectivity index (χ0v) is 12.6. The fourth-order valence-corrected chi connectivity index (χ4v) is 2.95. The van der Waals surface area contributed by atoms with Gasteiger partial charge >= 0.3 is 12.0 Å². The second-order valence-electron chi connectivity index (χ2n) is 4.72. The Bertz CT molecular complexity index is 576. The van der Waals surface area contributed by atoms with E-state index in [0.717, 1.165) is 5.56 Å². The summed E-state index contributed by atoms with van der Waals surface area (Å²) < 4.78 is 11.3. The summed E-state index contributed by atoms with van der Waals surface area (Å²) in [6.45, 7) is 2.08. The van der Waals surface area contributed by atoms with E-state index in [9.17, 15) is 18.9 Å².